The Morgan fingerprint density at radius 1 is 1.19 bits per heavy atom. The van der Waals surface area contributed by atoms with Gasteiger partial charge in [-0.2, -0.15) is 0 Å². The third-order valence-corrected chi connectivity index (χ3v) is 6.14. The van der Waals surface area contributed by atoms with Crippen molar-refractivity contribution in [3.63, 3.8) is 0 Å². The molecule has 2 aromatic heterocycles. The number of ether oxygens (including phenoxy) is 1. The number of benzene rings is 1. The zero-order chi connectivity index (χ0) is 18.6. The van der Waals surface area contributed by atoms with Gasteiger partial charge in [-0.1, -0.05) is 6.07 Å². The lowest BCUT2D eigenvalue weighted by atomic mass is 10.2. The van der Waals surface area contributed by atoms with Crippen LogP contribution in [0.4, 0.5) is 0 Å². The van der Waals surface area contributed by atoms with Crippen LogP contribution < -0.4 is 9.46 Å². The molecule has 3 rings (SSSR count). The fraction of sp³-hybridized carbons (Fsp3) is 0.211. The number of rotatable bonds is 7. The summed E-state index contributed by atoms with van der Waals surface area (Å²) in [5, 5.41) is 2.00. The van der Waals surface area contributed by atoms with Crippen molar-refractivity contribution in [1.29, 1.82) is 0 Å². The van der Waals surface area contributed by atoms with Gasteiger partial charge in [0.25, 0.3) is 0 Å². The van der Waals surface area contributed by atoms with E-state index < -0.39 is 10.0 Å². The molecule has 0 aliphatic rings. The highest BCUT2D eigenvalue weighted by atomic mass is 32.2. The lowest BCUT2D eigenvalue weighted by Gasteiger charge is -2.11. The zero-order valence-corrected chi connectivity index (χ0v) is 16.2. The van der Waals surface area contributed by atoms with Gasteiger partial charge in [0, 0.05) is 29.4 Å². The van der Waals surface area contributed by atoms with Crippen LogP contribution in [0.3, 0.4) is 0 Å². The van der Waals surface area contributed by atoms with Crippen molar-refractivity contribution in [3.05, 3.63) is 65.3 Å². The van der Waals surface area contributed by atoms with Gasteiger partial charge in [0.05, 0.1) is 11.5 Å². The standard InChI is InChI=1S/C19H20N2O3S2/c1-3-24-18-7-6-17(9-14(18)2)26(22,23)21-12-15-10-16(13-20-11-15)19-5-4-8-25-19/h4-11,13,21H,3,12H2,1-2H3. The highest BCUT2D eigenvalue weighted by Crippen LogP contribution is 2.25. The fourth-order valence-electron chi connectivity index (χ4n) is 2.53. The summed E-state index contributed by atoms with van der Waals surface area (Å²) in [7, 11) is -3.61. The Balaban J connectivity index is 1.74. The predicted molar refractivity (Wildman–Crippen MR) is 104 cm³/mol. The van der Waals surface area contributed by atoms with Crippen LogP contribution in [0.5, 0.6) is 5.75 Å². The van der Waals surface area contributed by atoms with Crippen molar-refractivity contribution in [2.24, 2.45) is 0 Å². The van der Waals surface area contributed by atoms with E-state index in [9.17, 15) is 8.42 Å². The summed E-state index contributed by atoms with van der Waals surface area (Å²) in [6.45, 7) is 4.45. The van der Waals surface area contributed by atoms with Gasteiger partial charge in [-0.15, -0.1) is 11.3 Å². The third-order valence-electron chi connectivity index (χ3n) is 3.82. The first-order valence-electron chi connectivity index (χ1n) is 8.20. The molecule has 0 aliphatic carbocycles. The van der Waals surface area contributed by atoms with Crippen LogP contribution in [0.2, 0.25) is 0 Å². The van der Waals surface area contributed by atoms with Crippen LogP contribution in [0.15, 0.2) is 59.1 Å². The zero-order valence-electron chi connectivity index (χ0n) is 14.6. The first kappa shape index (κ1) is 18.6. The van der Waals surface area contributed by atoms with E-state index in [1.54, 1.807) is 41.9 Å². The van der Waals surface area contributed by atoms with Gasteiger partial charge in [-0.3, -0.25) is 4.98 Å². The molecule has 136 valence electrons. The van der Waals surface area contributed by atoms with Crippen LogP contribution in [0.25, 0.3) is 10.4 Å². The van der Waals surface area contributed by atoms with Crippen LogP contribution in [0, 0.1) is 6.92 Å². The van der Waals surface area contributed by atoms with Crippen LogP contribution in [0.1, 0.15) is 18.1 Å². The molecule has 7 heteroatoms. The second-order valence-electron chi connectivity index (χ2n) is 5.74. The predicted octanol–water partition coefficient (Wildman–Crippen LogP) is 4.00. The largest absolute Gasteiger partial charge is 0.494 e. The Morgan fingerprint density at radius 3 is 2.73 bits per heavy atom. The fourth-order valence-corrected chi connectivity index (χ4v) is 4.34. The Kier molecular flexibility index (Phi) is 5.70. The van der Waals surface area contributed by atoms with Crippen molar-refractivity contribution in [2.45, 2.75) is 25.3 Å². The van der Waals surface area contributed by atoms with Crippen LogP contribution >= 0.6 is 11.3 Å². The number of nitrogens with one attached hydrogen (secondary N) is 1. The van der Waals surface area contributed by atoms with Gasteiger partial charge < -0.3 is 4.74 Å². The van der Waals surface area contributed by atoms with Crippen LogP contribution in [-0.2, 0) is 16.6 Å². The normalized spacial score (nSPS) is 11.5. The van der Waals surface area contributed by atoms with Gasteiger partial charge in [-0.25, -0.2) is 13.1 Å². The van der Waals surface area contributed by atoms with Gasteiger partial charge >= 0.3 is 0 Å². The van der Waals surface area contributed by atoms with E-state index in [4.69, 9.17) is 4.74 Å². The number of nitrogens with zero attached hydrogens (tertiary/aromatic N) is 1. The molecule has 1 aromatic carbocycles. The van der Waals surface area contributed by atoms with Gasteiger partial charge in [0.15, 0.2) is 0 Å². The number of hydrogen-bond donors (Lipinski definition) is 1. The molecule has 26 heavy (non-hydrogen) atoms. The number of hydrogen-bond acceptors (Lipinski definition) is 5. The van der Waals surface area contributed by atoms with Crippen LogP contribution in [-0.4, -0.2) is 20.0 Å². The lowest BCUT2D eigenvalue weighted by Crippen LogP contribution is -2.23. The molecule has 5 nitrogen and oxygen atoms in total. The quantitative estimate of drug-likeness (QED) is 0.664. The van der Waals surface area contributed by atoms with E-state index in [2.05, 4.69) is 9.71 Å². The molecule has 0 radical (unpaired) electrons. The van der Waals surface area contributed by atoms with Gasteiger partial charge in [0.1, 0.15) is 5.75 Å². The van der Waals surface area contributed by atoms with Crippen molar-refractivity contribution in [2.75, 3.05) is 6.61 Å². The molecule has 0 spiro atoms. The first-order valence-corrected chi connectivity index (χ1v) is 10.6. The summed E-state index contributed by atoms with van der Waals surface area (Å²) in [6.07, 6.45) is 3.45. The molecular weight excluding hydrogens is 368 g/mol. The van der Waals surface area contributed by atoms with Gasteiger partial charge in [0.2, 0.25) is 10.0 Å². The summed E-state index contributed by atoms with van der Waals surface area (Å²) in [6, 6.07) is 10.8. The van der Waals surface area contributed by atoms with E-state index in [1.807, 2.05) is 37.4 Å². The molecule has 3 aromatic rings. The number of sulfonamides is 1. The molecule has 0 saturated heterocycles. The molecule has 0 unspecified atom stereocenters. The molecule has 0 fully saturated rings. The summed E-state index contributed by atoms with van der Waals surface area (Å²) in [5.74, 6) is 0.694. The Bertz CT molecular complexity index is 984. The molecule has 0 amide bonds. The Labute approximate surface area is 157 Å². The summed E-state index contributed by atoms with van der Waals surface area (Å²) >= 11 is 1.62. The number of aryl methyl sites for hydroxylation is 1. The smallest absolute Gasteiger partial charge is 0.240 e. The van der Waals surface area contributed by atoms with Crippen molar-refractivity contribution in [1.82, 2.24) is 9.71 Å². The average Bonchev–Trinajstić information content (AvgIpc) is 3.17. The number of pyridine rings is 1. The minimum atomic E-state index is -3.61. The monoisotopic (exact) mass is 388 g/mol. The molecule has 0 saturated carbocycles. The minimum Gasteiger partial charge on any atom is -0.494 e. The summed E-state index contributed by atoms with van der Waals surface area (Å²) < 4.78 is 33.2. The maximum atomic E-state index is 12.6. The summed E-state index contributed by atoms with van der Waals surface area (Å²) in [4.78, 5) is 5.54. The average molecular weight is 389 g/mol. The molecule has 0 aliphatic heterocycles. The lowest BCUT2D eigenvalue weighted by molar-refractivity contribution is 0.337. The topological polar surface area (TPSA) is 68.3 Å². The molecule has 0 atom stereocenters. The number of aromatic nitrogens is 1. The van der Waals surface area contributed by atoms with E-state index in [0.717, 1.165) is 21.6 Å². The highest BCUT2D eigenvalue weighted by Gasteiger charge is 2.15. The van der Waals surface area contributed by atoms with E-state index >= 15 is 0 Å². The van der Waals surface area contributed by atoms with Crippen molar-refractivity contribution < 1.29 is 13.2 Å². The van der Waals surface area contributed by atoms with E-state index in [1.165, 1.54) is 0 Å². The third kappa shape index (κ3) is 4.30. The Hall–Kier alpha value is -2.22. The first-order chi connectivity index (χ1) is 12.5. The molecule has 0 bridgehead atoms. The van der Waals surface area contributed by atoms with E-state index in [-0.39, 0.29) is 11.4 Å². The van der Waals surface area contributed by atoms with Gasteiger partial charge in [-0.05, 0) is 60.7 Å². The maximum absolute atomic E-state index is 12.6. The Morgan fingerprint density at radius 2 is 2.04 bits per heavy atom. The maximum Gasteiger partial charge on any atom is 0.240 e. The van der Waals surface area contributed by atoms with Crippen molar-refractivity contribution in [3.8, 4) is 16.2 Å². The second kappa shape index (κ2) is 7.99. The molecular formula is C19H20N2O3S2. The number of thiophene rings is 1. The highest BCUT2D eigenvalue weighted by molar-refractivity contribution is 7.89. The molecule has 2 heterocycles. The SMILES string of the molecule is CCOc1ccc(S(=O)(=O)NCc2cncc(-c3cccs3)c2)cc1C. The minimum absolute atomic E-state index is 0.181. The summed E-state index contributed by atoms with van der Waals surface area (Å²) in [5.41, 5.74) is 2.58. The van der Waals surface area contributed by atoms with E-state index in [0.29, 0.717) is 12.4 Å². The second-order valence-corrected chi connectivity index (χ2v) is 8.46. The van der Waals surface area contributed by atoms with Crippen molar-refractivity contribution >= 4 is 21.4 Å². The molecule has 1 N–H and O–H groups in total.